The van der Waals surface area contributed by atoms with Gasteiger partial charge in [0, 0.05) is 23.3 Å². The molecule has 1 unspecified atom stereocenters. The number of aromatic nitrogens is 3. The number of carbonyl (C=O) groups excluding carboxylic acids is 2. The molecule has 8 nitrogen and oxygen atoms in total. The Balaban J connectivity index is 1.58. The van der Waals surface area contributed by atoms with E-state index < -0.39 is 0 Å². The van der Waals surface area contributed by atoms with Crippen molar-refractivity contribution in [1.29, 1.82) is 0 Å². The van der Waals surface area contributed by atoms with Crippen LogP contribution in [0.5, 0.6) is 5.75 Å². The number of rotatable bonds is 8. The van der Waals surface area contributed by atoms with E-state index >= 15 is 0 Å². The molecule has 1 heterocycles. The number of benzene rings is 2. The number of carbonyl (C=O) groups is 2. The van der Waals surface area contributed by atoms with Gasteiger partial charge < -0.3 is 19.9 Å². The number of methoxy groups -OCH3 is 1. The van der Waals surface area contributed by atoms with Crippen LogP contribution in [0.2, 0.25) is 5.02 Å². The van der Waals surface area contributed by atoms with E-state index in [-0.39, 0.29) is 23.6 Å². The molecule has 2 N–H and O–H groups in total. The molecule has 0 radical (unpaired) electrons. The molecule has 0 aliphatic rings. The smallest absolute Gasteiger partial charge is 0.251 e. The lowest BCUT2D eigenvalue weighted by molar-refractivity contribution is -0.113. The second-order valence-corrected chi connectivity index (χ2v) is 8.42. The quantitative estimate of drug-likeness (QED) is 0.480. The summed E-state index contributed by atoms with van der Waals surface area (Å²) >= 11 is 7.36. The van der Waals surface area contributed by atoms with Gasteiger partial charge in [-0.25, -0.2) is 0 Å². The molecule has 2 amide bonds. The van der Waals surface area contributed by atoms with Gasteiger partial charge in [0.05, 0.1) is 18.9 Å². The van der Waals surface area contributed by atoms with E-state index in [0.29, 0.717) is 33.0 Å². The summed E-state index contributed by atoms with van der Waals surface area (Å²) < 4.78 is 6.88. The maximum Gasteiger partial charge on any atom is 0.251 e. The van der Waals surface area contributed by atoms with Gasteiger partial charge >= 0.3 is 0 Å². The lowest BCUT2D eigenvalue weighted by Crippen LogP contribution is -2.28. The van der Waals surface area contributed by atoms with Crippen molar-refractivity contribution in [2.75, 3.05) is 18.2 Å². The Bertz CT molecular complexity index is 1120. The van der Waals surface area contributed by atoms with Crippen molar-refractivity contribution in [3.8, 4) is 5.75 Å². The summed E-state index contributed by atoms with van der Waals surface area (Å²) in [6.07, 6.45) is 0. The van der Waals surface area contributed by atoms with E-state index in [0.717, 1.165) is 5.56 Å². The number of anilines is 1. The predicted molar refractivity (Wildman–Crippen MR) is 125 cm³/mol. The summed E-state index contributed by atoms with van der Waals surface area (Å²) in [6, 6.07) is 11.8. The minimum Gasteiger partial charge on any atom is -0.497 e. The van der Waals surface area contributed by atoms with Crippen molar-refractivity contribution < 1.29 is 14.3 Å². The molecule has 168 valence electrons. The molecule has 1 atom stereocenters. The Kier molecular flexibility index (Phi) is 7.76. The van der Waals surface area contributed by atoms with Gasteiger partial charge in [0.15, 0.2) is 11.0 Å². The van der Waals surface area contributed by atoms with E-state index in [2.05, 4.69) is 20.8 Å². The largest absolute Gasteiger partial charge is 0.497 e. The van der Waals surface area contributed by atoms with E-state index in [1.165, 1.54) is 11.8 Å². The average molecular weight is 474 g/mol. The van der Waals surface area contributed by atoms with Gasteiger partial charge in [-0.05, 0) is 55.8 Å². The predicted octanol–water partition coefficient (Wildman–Crippen LogP) is 4.01. The topological polar surface area (TPSA) is 98.1 Å². The zero-order valence-corrected chi connectivity index (χ0v) is 19.8. The molecule has 0 saturated carbocycles. The number of ether oxygens (including phenoxy) is 1. The van der Waals surface area contributed by atoms with Crippen LogP contribution in [0.25, 0.3) is 0 Å². The molecule has 1 aromatic heterocycles. The Labute approximate surface area is 195 Å². The highest BCUT2D eigenvalue weighted by atomic mass is 35.5. The van der Waals surface area contributed by atoms with Crippen LogP contribution in [0.15, 0.2) is 47.6 Å². The summed E-state index contributed by atoms with van der Waals surface area (Å²) in [5.41, 5.74) is 2.01. The van der Waals surface area contributed by atoms with Crippen LogP contribution in [-0.2, 0) is 11.8 Å². The first-order valence-corrected chi connectivity index (χ1v) is 11.2. The molecular weight excluding hydrogens is 450 g/mol. The zero-order chi connectivity index (χ0) is 23.3. The number of nitrogens with one attached hydrogen (secondary N) is 2. The van der Waals surface area contributed by atoms with Crippen LogP contribution in [-0.4, -0.2) is 39.4 Å². The molecule has 0 aliphatic heterocycles. The molecule has 3 aromatic rings. The fourth-order valence-electron chi connectivity index (χ4n) is 2.98. The van der Waals surface area contributed by atoms with Gasteiger partial charge in [-0.1, -0.05) is 29.4 Å². The summed E-state index contributed by atoms with van der Waals surface area (Å²) in [6.45, 7) is 3.68. The molecule has 10 heteroatoms. The summed E-state index contributed by atoms with van der Waals surface area (Å²) in [4.78, 5) is 24.9. The zero-order valence-electron chi connectivity index (χ0n) is 18.2. The van der Waals surface area contributed by atoms with Crippen molar-refractivity contribution >= 4 is 40.9 Å². The first-order chi connectivity index (χ1) is 15.3. The lowest BCUT2D eigenvalue weighted by Gasteiger charge is -2.14. The highest BCUT2D eigenvalue weighted by Gasteiger charge is 2.19. The van der Waals surface area contributed by atoms with Gasteiger partial charge in [-0.15, -0.1) is 10.2 Å². The molecule has 0 aliphatic carbocycles. The van der Waals surface area contributed by atoms with Crippen molar-refractivity contribution in [3.63, 3.8) is 0 Å². The number of nitrogens with zero attached hydrogens (tertiary/aromatic N) is 3. The van der Waals surface area contributed by atoms with Gasteiger partial charge in [-0.2, -0.15) is 0 Å². The van der Waals surface area contributed by atoms with Gasteiger partial charge in [0.2, 0.25) is 5.91 Å². The third kappa shape index (κ3) is 5.60. The van der Waals surface area contributed by atoms with E-state index in [1.54, 1.807) is 61.2 Å². The number of hydrogen-bond acceptors (Lipinski definition) is 6. The lowest BCUT2D eigenvalue weighted by atomic mass is 10.2. The SMILES string of the molecule is COc1ccc(C(=O)NC(C)c2nnc(SCC(=O)Nc3cccc(Cl)c3C)n2C)cc1. The van der Waals surface area contributed by atoms with Crippen LogP contribution in [0.4, 0.5) is 5.69 Å². The number of thioether (sulfide) groups is 1. The van der Waals surface area contributed by atoms with Gasteiger partial charge in [-0.3, -0.25) is 9.59 Å². The summed E-state index contributed by atoms with van der Waals surface area (Å²) in [7, 11) is 3.37. The monoisotopic (exact) mass is 473 g/mol. The minimum absolute atomic E-state index is 0.157. The number of hydrogen-bond donors (Lipinski definition) is 2. The van der Waals surface area contributed by atoms with E-state index in [9.17, 15) is 9.59 Å². The second-order valence-electron chi connectivity index (χ2n) is 7.07. The molecule has 0 fully saturated rings. The second kappa shape index (κ2) is 10.5. The van der Waals surface area contributed by atoms with Crippen LogP contribution in [0, 0.1) is 6.92 Å². The van der Waals surface area contributed by atoms with Crippen LogP contribution in [0.3, 0.4) is 0 Å². The van der Waals surface area contributed by atoms with Crippen LogP contribution < -0.4 is 15.4 Å². The Morgan fingerprint density at radius 3 is 2.59 bits per heavy atom. The Hall–Kier alpha value is -3.04. The van der Waals surface area contributed by atoms with Gasteiger partial charge in [0.1, 0.15) is 5.75 Å². The standard InChI is InChI=1S/C22H24ClN5O3S/c1-13-17(23)6-5-7-18(13)25-19(29)12-32-22-27-26-20(28(22)3)14(2)24-21(30)15-8-10-16(31-4)11-9-15/h5-11,14H,12H2,1-4H3,(H,24,30)(H,25,29). The minimum atomic E-state index is -0.376. The fourth-order valence-corrected chi connectivity index (χ4v) is 3.87. The van der Waals surface area contributed by atoms with E-state index in [1.807, 2.05) is 13.8 Å². The van der Waals surface area contributed by atoms with Crippen molar-refractivity contribution in [2.45, 2.75) is 25.0 Å². The first kappa shape index (κ1) is 23.6. The maximum atomic E-state index is 12.5. The molecule has 2 aromatic carbocycles. The molecular formula is C22H24ClN5O3S. The highest BCUT2D eigenvalue weighted by Crippen LogP contribution is 2.24. The highest BCUT2D eigenvalue weighted by molar-refractivity contribution is 7.99. The van der Waals surface area contributed by atoms with Crippen molar-refractivity contribution in [3.05, 3.63) is 64.4 Å². The fraction of sp³-hybridized carbons (Fsp3) is 0.273. The molecule has 32 heavy (non-hydrogen) atoms. The Morgan fingerprint density at radius 2 is 1.91 bits per heavy atom. The van der Waals surface area contributed by atoms with Gasteiger partial charge in [0.25, 0.3) is 5.91 Å². The van der Waals surface area contributed by atoms with Crippen LogP contribution in [0.1, 0.15) is 34.7 Å². The Morgan fingerprint density at radius 1 is 1.19 bits per heavy atom. The number of amides is 2. The molecule has 3 rings (SSSR count). The molecule has 0 spiro atoms. The summed E-state index contributed by atoms with van der Waals surface area (Å²) in [5.74, 6) is 1.02. The van der Waals surface area contributed by atoms with Crippen LogP contribution >= 0.6 is 23.4 Å². The third-order valence-electron chi connectivity index (χ3n) is 4.83. The third-order valence-corrected chi connectivity index (χ3v) is 6.26. The first-order valence-electron chi connectivity index (χ1n) is 9.82. The maximum absolute atomic E-state index is 12.5. The molecule has 0 saturated heterocycles. The molecule has 0 bridgehead atoms. The van der Waals surface area contributed by atoms with Crippen molar-refractivity contribution in [2.24, 2.45) is 7.05 Å². The van der Waals surface area contributed by atoms with E-state index in [4.69, 9.17) is 16.3 Å². The normalized spacial score (nSPS) is 11.7. The average Bonchev–Trinajstić information content (AvgIpc) is 3.16. The van der Waals surface area contributed by atoms with Crippen molar-refractivity contribution in [1.82, 2.24) is 20.1 Å². The number of halogens is 1. The summed E-state index contributed by atoms with van der Waals surface area (Å²) in [5, 5.41) is 15.3.